The molecule has 0 bridgehead atoms. The molecular weight excluding hydrogens is 300 g/mol. The summed E-state index contributed by atoms with van der Waals surface area (Å²) in [6.45, 7) is 2.58. The third-order valence-electron chi connectivity index (χ3n) is 1.65. The van der Waals surface area contributed by atoms with Gasteiger partial charge in [-0.15, -0.1) is 0 Å². The molecule has 0 saturated heterocycles. The van der Waals surface area contributed by atoms with E-state index in [4.69, 9.17) is 5.11 Å². The topological polar surface area (TPSA) is 110 Å². The fraction of sp³-hybridized carbons (Fsp3) is 1.00. The molecule has 0 aliphatic carbocycles. The molecule has 0 aromatic rings. The van der Waals surface area contributed by atoms with E-state index in [-0.39, 0.29) is 59.1 Å². The molecule has 0 amide bonds. The number of aliphatic hydroxyl groups is 1. The van der Waals surface area contributed by atoms with Crippen LogP contribution in [0.15, 0.2) is 0 Å². The maximum Gasteiger partial charge on any atom is 1.00 e. The van der Waals surface area contributed by atoms with Crippen molar-refractivity contribution in [3.8, 4) is 0 Å². The Bertz CT molecular complexity index is 178. The minimum Gasteiger partial charge on any atom is -0.563 e. The molecule has 2 unspecified atom stereocenters. The summed E-state index contributed by atoms with van der Waals surface area (Å²) < 4.78 is 21.6. The molecule has 0 rings (SSSR count). The van der Waals surface area contributed by atoms with Gasteiger partial charge in [0.15, 0.2) is 0 Å². The van der Waals surface area contributed by atoms with Crippen molar-refractivity contribution in [2.75, 3.05) is 6.61 Å². The molecule has 0 fully saturated rings. The van der Waals surface area contributed by atoms with Crippen LogP contribution in [0.25, 0.3) is 0 Å². The van der Waals surface area contributed by atoms with Gasteiger partial charge in [-0.3, -0.25) is 0 Å². The maximum atomic E-state index is 9.24. The Balaban J connectivity index is -0.000000100. The van der Waals surface area contributed by atoms with Crippen LogP contribution in [0.5, 0.6) is 0 Å². The van der Waals surface area contributed by atoms with Crippen LogP contribution in [0, 0.1) is 0 Å². The molecular formula is C8H18Na2O6P2+2. The Hall–Kier alpha value is 2.04. The number of rotatable bonds is 8. The van der Waals surface area contributed by atoms with Crippen LogP contribution in [0.1, 0.15) is 45.4 Å². The zero-order valence-corrected chi connectivity index (χ0v) is 17.1. The average Bonchev–Trinajstić information content (AvgIpc) is 2.16. The summed E-state index contributed by atoms with van der Waals surface area (Å²) in [5.41, 5.74) is 0. The summed E-state index contributed by atoms with van der Waals surface area (Å²) in [7, 11) is -6.47. The summed E-state index contributed by atoms with van der Waals surface area (Å²) in [6.07, 6.45) is 7.50. The summed E-state index contributed by atoms with van der Waals surface area (Å²) in [5.74, 6) is 0. The summed E-state index contributed by atoms with van der Waals surface area (Å²) in [6, 6.07) is 0. The van der Waals surface area contributed by atoms with Crippen molar-refractivity contribution in [1.29, 1.82) is 0 Å². The fourth-order valence-corrected chi connectivity index (χ4v) is 1.38. The molecule has 0 aliphatic rings. The van der Waals surface area contributed by atoms with Crippen LogP contribution >= 0.6 is 16.5 Å². The fourth-order valence-electron chi connectivity index (χ4n) is 0.947. The second-order valence-corrected chi connectivity index (χ2v) is 4.57. The van der Waals surface area contributed by atoms with E-state index in [1.54, 1.807) is 0 Å². The van der Waals surface area contributed by atoms with E-state index < -0.39 is 16.5 Å². The van der Waals surface area contributed by atoms with Gasteiger partial charge in [0, 0.05) is 6.61 Å². The number of hydrogen-bond donors (Lipinski definition) is 1. The molecule has 1 N–H and O–H groups in total. The van der Waals surface area contributed by atoms with Gasteiger partial charge < -0.3 is 14.9 Å². The van der Waals surface area contributed by atoms with Crippen LogP contribution in [0.2, 0.25) is 0 Å². The van der Waals surface area contributed by atoms with Crippen molar-refractivity contribution >= 4 is 16.5 Å². The number of aliphatic hydroxyl groups excluding tert-OH is 1. The van der Waals surface area contributed by atoms with Gasteiger partial charge in [-0.25, -0.2) is 0 Å². The largest absolute Gasteiger partial charge is 1.00 e. The first-order chi connectivity index (χ1) is 7.54. The minimum atomic E-state index is -3.24. The molecule has 0 aromatic carbocycles. The third kappa shape index (κ3) is 36.1. The van der Waals surface area contributed by atoms with E-state index >= 15 is 0 Å². The summed E-state index contributed by atoms with van der Waals surface area (Å²) >= 11 is 0. The minimum absolute atomic E-state index is 0. The first kappa shape index (κ1) is 28.2. The van der Waals surface area contributed by atoms with Crippen molar-refractivity contribution < 1.29 is 87.4 Å². The van der Waals surface area contributed by atoms with E-state index in [0.717, 1.165) is 6.42 Å². The number of unbranched alkanes of at least 4 members (excludes halogenated alkanes) is 5. The molecule has 18 heavy (non-hydrogen) atoms. The molecule has 0 heterocycles. The maximum absolute atomic E-state index is 9.24. The molecule has 0 spiro atoms. The normalized spacial score (nSPS) is 10.2. The standard InChI is InChI=1S/C8H18O.2Na.O5P2/c1-2-3-4-5-6-7-8-9;;;1-6(2)5-7(3)4/h9H,2-8H2,1H3;;;/q;2*+1;. The molecule has 0 aromatic heterocycles. The number of hydrogen-bond acceptors (Lipinski definition) is 6. The summed E-state index contributed by atoms with van der Waals surface area (Å²) in [4.78, 5) is 18.5. The van der Waals surface area contributed by atoms with Crippen LogP contribution in [-0.4, -0.2) is 11.7 Å². The van der Waals surface area contributed by atoms with Crippen molar-refractivity contribution in [2.45, 2.75) is 45.4 Å². The Morgan fingerprint density at radius 3 is 1.61 bits per heavy atom. The Kier molecular flexibility index (Phi) is 37.8. The molecule has 10 heteroatoms. The first-order valence-corrected chi connectivity index (χ1v) is 7.31. The molecule has 2 atom stereocenters. The van der Waals surface area contributed by atoms with Crippen molar-refractivity contribution in [3.05, 3.63) is 0 Å². The average molecular weight is 318 g/mol. The van der Waals surface area contributed by atoms with E-state index in [1.165, 1.54) is 32.1 Å². The quantitative estimate of drug-likeness (QED) is 0.274. The molecule has 0 aliphatic heterocycles. The monoisotopic (exact) mass is 318 g/mol. The van der Waals surface area contributed by atoms with Crippen molar-refractivity contribution in [1.82, 2.24) is 0 Å². The SMILES string of the molecule is CCCCCCCCO.O=[P+]([O-])O[P+](=O)[O-].[Na+].[Na+]. The van der Waals surface area contributed by atoms with Gasteiger partial charge >= 0.3 is 75.6 Å². The zero-order valence-electron chi connectivity index (χ0n) is 11.3. The van der Waals surface area contributed by atoms with Crippen LogP contribution in [-0.2, 0) is 13.4 Å². The summed E-state index contributed by atoms with van der Waals surface area (Å²) in [5, 5.41) is 8.42. The van der Waals surface area contributed by atoms with Gasteiger partial charge in [-0.1, -0.05) is 39.0 Å². The van der Waals surface area contributed by atoms with E-state index in [2.05, 4.69) is 11.2 Å². The third-order valence-corrected chi connectivity index (χ3v) is 2.71. The van der Waals surface area contributed by atoms with Crippen LogP contribution in [0.4, 0.5) is 0 Å². The van der Waals surface area contributed by atoms with Crippen LogP contribution in [0.3, 0.4) is 0 Å². The van der Waals surface area contributed by atoms with Gasteiger partial charge in [-0.05, 0) is 15.6 Å². The molecule has 96 valence electrons. The van der Waals surface area contributed by atoms with Gasteiger partial charge in [0.05, 0.1) is 0 Å². The van der Waals surface area contributed by atoms with Gasteiger partial charge in [0.1, 0.15) is 4.31 Å². The van der Waals surface area contributed by atoms with Gasteiger partial charge in [0.25, 0.3) is 0 Å². The van der Waals surface area contributed by atoms with E-state index in [9.17, 15) is 18.9 Å². The van der Waals surface area contributed by atoms with Gasteiger partial charge in [-0.2, -0.15) is 0 Å². The molecule has 0 radical (unpaired) electrons. The van der Waals surface area contributed by atoms with E-state index in [0.29, 0.717) is 6.61 Å². The van der Waals surface area contributed by atoms with Crippen LogP contribution < -0.4 is 68.9 Å². The smallest absolute Gasteiger partial charge is 0.563 e. The van der Waals surface area contributed by atoms with E-state index in [1.807, 2.05) is 0 Å². The zero-order chi connectivity index (χ0) is 12.8. The predicted octanol–water partition coefficient (Wildman–Crippen LogP) is -4.61. The Morgan fingerprint density at radius 1 is 0.944 bits per heavy atom. The Labute approximate surface area is 154 Å². The van der Waals surface area contributed by atoms with Crippen molar-refractivity contribution in [3.63, 3.8) is 0 Å². The van der Waals surface area contributed by atoms with Gasteiger partial charge in [0.2, 0.25) is 0 Å². The second kappa shape index (κ2) is 24.1. The molecule has 0 saturated carbocycles. The second-order valence-electron chi connectivity index (χ2n) is 3.02. The van der Waals surface area contributed by atoms with Crippen molar-refractivity contribution in [2.24, 2.45) is 0 Å². The first-order valence-electron chi connectivity index (χ1n) is 5.12. The Morgan fingerprint density at radius 2 is 1.33 bits per heavy atom. The molecule has 6 nitrogen and oxygen atoms in total. The predicted molar refractivity (Wildman–Crippen MR) is 56.8 cm³/mol.